The van der Waals surface area contributed by atoms with E-state index in [4.69, 9.17) is 33.4 Å². The summed E-state index contributed by atoms with van der Waals surface area (Å²) < 4.78 is 0. The van der Waals surface area contributed by atoms with Gasteiger partial charge in [-0.2, -0.15) is 0 Å². The summed E-state index contributed by atoms with van der Waals surface area (Å²) in [6.45, 7) is 5.78. The molecule has 0 aliphatic rings. The van der Waals surface area contributed by atoms with Crippen LogP contribution in [0.25, 0.3) is 0 Å². The number of carbonyl (C=O) groups is 2. The van der Waals surface area contributed by atoms with Gasteiger partial charge in [-0.25, -0.2) is 19.6 Å². The first kappa shape index (κ1) is 23.6. The summed E-state index contributed by atoms with van der Waals surface area (Å²) in [6, 6.07) is 5.57. The number of hydrogen-bond donors (Lipinski definition) is 2. The topological polar surface area (TPSA) is 104 Å². The van der Waals surface area contributed by atoms with Gasteiger partial charge >= 0.3 is 11.9 Å². The SMILES string of the molecule is CC.Cc1cc(C(=O)O)cc(N(C)C)n1.O=C(O)c1cc(Cl)nc(Cl)c1. The highest BCUT2D eigenvalue weighted by atomic mass is 35.5. The second kappa shape index (κ2) is 11.3. The number of aryl methyl sites for hydroxylation is 1. The number of rotatable bonds is 3. The molecule has 0 atom stereocenters. The van der Waals surface area contributed by atoms with Crippen LogP contribution in [0.15, 0.2) is 24.3 Å². The molecule has 2 rings (SSSR count). The Kier molecular flexibility index (Phi) is 10.2. The van der Waals surface area contributed by atoms with E-state index in [1.807, 2.05) is 27.9 Å². The summed E-state index contributed by atoms with van der Waals surface area (Å²) in [4.78, 5) is 30.6. The molecule has 142 valence electrons. The summed E-state index contributed by atoms with van der Waals surface area (Å²) in [7, 11) is 3.65. The lowest BCUT2D eigenvalue weighted by Crippen LogP contribution is -2.12. The van der Waals surface area contributed by atoms with Gasteiger partial charge in [0.2, 0.25) is 0 Å². The van der Waals surface area contributed by atoms with Crippen molar-refractivity contribution in [3.8, 4) is 0 Å². The zero-order valence-electron chi connectivity index (χ0n) is 15.1. The van der Waals surface area contributed by atoms with Gasteiger partial charge in [-0.3, -0.25) is 0 Å². The van der Waals surface area contributed by atoms with Gasteiger partial charge in [0.05, 0.1) is 11.1 Å². The molecule has 2 heterocycles. The first-order valence-electron chi connectivity index (χ1n) is 7.56. The van der Waals surface area contributed by atoms with Crippen LogP contribution in [0.4, 0.5) is 5.82 Å². The Morgan fingerprint density at radius 2 is 1.31 bits per heavy atom. The molecule has 0 amide bonds. The first-order valence-corrected chi connectivity index (χ1v) is 8.31. The molecule has 0 aromatic carbocycles. The second-order valence-corrected chi connectivity index (χ2v) is 5.64. The van der Waals surface area contributed by atoms with Crippen LogP contribution in [-0.2, 0) is 0 Å². The van der Waals surface area contributed by atoms with Crippen molar-refractivity contribution >= 4 is 41.0 Å². The molecule has 0 aliphatic carbocycles. The summed E-state index contributed by atoms with van der Waals surface area (Å²) in [5, 5.41) is 17.4. The number of aromatic carboxylic acids is 2. The van der Waals surface area contributed by atoms with Gasteiger partial charge in [0, 0.05) is 19.8 Å². The Morgan fingerprint density at radius 3 is 1.69 bits per heavy atom. The van der Waals surface area contributed by atoms with Crippen LogP contribution in [0.5, 0.6) is 0 Å². The number of nitrogens with zero attached hydrogens (tertiary/aromatic N) is 3. The molecule has 26 heavy (non-hydrogen) atoms. The summed E-state index contributed by atoms with van der Waals surface area (Å²) in [6.07, 6.45) is 0. The minimum atomic E-state index is -1.07. The van der Waals surface area contributed by atoms with Crippen LogP contribution >= 0.6 is 23.2 Å². The molecular formula is C17H21Cl2N3O4. The number of hydrogen-bond acceptors (Lipinski definition) is 5. The number of carboxylic acid groups (broad SMARTS) is 2. The highest BCUT2D eigenvalue weighted by Gasteiger charge is 2.07. The molecule has 2 N–H and O–H groups in total. The largest absolute Gasteiger partial charge is 0.478 e. The number of aromatic nitrogens is 2. The molecule has 0 saturated carbocycles. The van der Waals surface area contributed by atoms with Crippen LogP contribution in [0, 0.1) is 6.92 Å². The standard InChI is InChI=1S/C9H12N2O2.C6H3Cl2NO2.C2H6/c1-6-4-7(9(12)13)5-8(10-6)11(2)3;7-4-1-3(6(10)11)2-5(8)9-4;1-2/h4-5H,1-3H3,(H,12,13);1-2H,(H,10,11);1-2H3. The van der Waals surface area contributed by atoms with Crippen molar-refractivity contribution < 1.29 is 19.8 Å². The maximum atomic E-state index is 10.7. The van der Waals surface area contributed by atoms with E-state index in [1.165, 1.54) is 12.1 Å². The molecule has 0 spiro atoms. The Morgan fingerprint density at radius 1 is 0.885 bits per heavy atom. The summed E-state index contributed by atoms with van der Waals surface area (Å²) in [5.74, 6) is -1.33. The van der Waals surface area contributed by atoms with Gasteiger partial charge in [-0.1, -0.05) is 37.0 Å². The quantitative estimate of drug-likeness (QED) is 0.739. The van der Waals surface area contributed by atoms with Gasteiger partial charge < -0.3 is 15.1 Å². The molecule has 0 unspecified atom stereocenters. The predicted octanol–water partition coefficient (Wildman–Crippen LogP) is 4.27. The zero-order valence-corrected chi connectivity index (χ0v) is 16.6. The number of pyridine rings is 2. The molecule has 0 bridgehead atoms. The van der Waals surface area contributed by atoms with Crippen molar-refractivity contribution in [2.45, 2.75) is 20.8 Å². The van der Waals surface area contributed by atoms with Crippen molar-refractivity contribution in [3.63, 3.8) is 0 Å². The third-order valence-electron chi connectivity index (χ3n) is 2.65. The van der Waals surface area contributed by atoms with Gasteiger partial charge in [0.15, 0.2) is 0 Å². The fourth-order valence-corrected chi connectivity index (χ4v) is 2.05. The van der Waals surface area contributed by atoms with Crippen molar-refractivity contribution in [2.75, 3.05) is 19.0 Å². The van der Waals surface area contributed by atoms with E-state index in [2.05, 4.69) is 9.97 Å². The van der Waals surface area contributed by atoms with Crippen molar-refractivity contribution in [1.29, 1.82) is 0 Å². The van der Waals surface area contributed by atoms with E-state index in [-0.39, 0.29) is 21.4 Å². The Labute approximate surface area is 162 Å². The normalized spacial score (nSPS) is 9.19. The van der Waals surface area contributed by atoms with Crippen molar-refractivity contribution in [3.05, 3.63) is 51.4 Å². The van der Waals surface area contributed by atoms with Crippen LogP contribution in [0.1, 0.15) is 40.3 Å². The smallest absolute Gasteiger partial charge is 0.335 e. The van der Waals surface area contributed by atoms with E-state index in [1.54, 1.807) is 24.0 Å². The monoisotopic (exact) mass is 401 g/mol. The van der Waals surface area contributed by atoms with Crippen LogP contribution in [0.2, 0.25) is 10.3 Å². The van der Waals surface area contributed by atoms with Crippen molar-refractivity contribution in [1.82, 2.24) is 9.97 Å². The van der Waals surface area contributed by atoms with E-state index in [0.717, 1.165) is 0 Å². The maximum Gasteiger partial charge on any atom is 0.335 e. The molecule has 0 aliphatic heterocycles. The molecule has 7 nitrogen and oxygen atoms in total. The third kappa shape index (κ3) is 8.13. The van der Waals surface area contributed by atoms with E-state index < -0.39 is 11.9 Å². The number of anilines is 1. The molecule has 2 aromatic rings. The summed E-state index contributed by atoms with van der Waals surface area (Å²) >= 11 is 10.9. The van der Waals surface area contributed by atoms with E-state index in [0.29, 0.717) is 11.5 Å². The first-order chi connectivity index (χ1) is 12.1. The van der Waals surface area contributed by atoms with Crippen molar-refractivity contribution in [2.24, 2.45) is 0 Å². The molecule has 9 heteroatoms. The van der Waals surface area contributed by atoms with Gasteiger partial charge in [-0.05, 0) is 31.2 Å². The minimum absolute atomic E-state index is 0.0370. The van der Waals surface area contributed by atoms with Gasteiger partial charge in [-0.15, -0.1) is 0 Å². The van der Waals surface area contributed by atoms with Gasteiger partial charge in [0.25, 0.3) is 0 Å². The highest BCUT2D eigenvalue weighted by molar-refractivity contribution is 6.32. The number of carboxylic acids is 2. The third-order valence-corrected chi connectivity index (χ3v) is 3.04. The fraction of sp³-hybridized carbons (Fsp3) is 0.294. The average molecular weight is 402 g/mol. The molecular weight excluding hydrogens is 381 g/mol. The minimum Gasteiger partial charge on any atom is -0.478 e. The molecule has 0 radical (unpaired) electrons. The Hall–Kier alpha value is -2.38. The van der Waals surface area contributed by atoms with E-state index in [9.17, 15) is 9.59 Å². The Balaban J connectivity index is 0.000000444. The van der Waals surface area contributed by atoms with Crippen LogP contribution < -0.4 is 4.90 Å². The fourth-order valence-electron chi connectivity index (χ4n) is 1.59. The molecule has 0 fully saturated rings. The van der Waals surface area contributed by atoms with Crippen LogP contribution in [0.3, 0.4) is 0 Å². The predicted molar refractivity (Wildman–Crippen MR) is 103 cm³/mol. The number of halogens is 2. The van der Waals surface area contributed by atoms with Gasteiger partial charge in [0.1, 0.15) is 16.1 Å². The lowest BCUT2D eigenvalue weighted by molar-refractivity contribution is 0.0686. The highest BCUT2D eigenvalue weighted by Crippen LogP contribution is 2.14. The van der Waals surface area contributed by atoms with Crippen LogP contribution in [-0.4, -0.2) is 46.2 Å². The lowest BCUT2D eigenvalue weighted by atomic mass is 10.2. The molecule has 2 aromatic heterocycles. The zero-order chi connectivity index (χ0) is 20.4. The Bertz CT molecular complexity index is 747. The lowest BCUT2D eigenvalue weighted by Gasteiger charge is -2.12. The molecule has 0 saturated heterocycles. The maximum absolute atomic E-state index is 10.7. The second-order valence-electron chi connectivity index (χ2n) is 4.86. The van der Waals surface area contributed by atoms with E-state index >= 15 is 0 Å². The average Bonchev–Trinajstić information content (AvgIpc) is 2.55. The summed E-state index contributed by atoms with van der Waals surface area (Å²) in [5.41, 5.74) is 1.02.